The van der Waals surface area contributed by atoms with Gasteiger partial charge in [0.25, 0.3) is 5.69 Å². The van der Waals surface area contributed by atoms with Crippen molar-refractivity contribution in [1.29, 1.82) is 0 Å². The lowest BCUT2D eigenvalue weighted by molar-refractivity contribution is -0.384. The number of amides is 1. The predicted molar refractivity (Wildman–Crippen MR) is 56.9 cm³/mol. The summed E-state index contributed by atoms with van der Waals surface area (Å²) in [5.74, 6) is -0.888. The van der Waals surface area contributed by atoms with Crippen LogP contribution in [0.2, 0.25) is 0 Å². The Kier molecular flexibility index (Phi) is 3.70. The first-order valence-electron chi connectivity index (χ1n) is 4.54. The number of alkyl halides is 3. The second-order valence-corrected chi connectivity index (χ2v) is 3.18. The quantitative estimate of drug-likeness (QED) is 0.516. The van der Waals surface area contributed by atoms with Crippen LogP contribution < -0.4 is 5.32 Å². The lowest BCUT2D eigenvalue weighted by Gasteiger charge is -2.12. The number of hydrogen-bond acceptors (Lipinski definition) is 3. The summed E-state index contributed by atoms with van der Waals surface area (Å²) in [5, 5.41) is 12.3. The van der Waals surface area contributed by atoms with Crippen molar-refractivity contribution in [2.45, 2.75) is 6.18 Å². The summed E-state index contributed by atoms with van der Waals surface area (Å²) in [6.07, 6.45) is -3.96. The van der Waals surface area contributed by atoms with E-state index < -0.39 is 33.9 Å². The Hall–Kier alpha value is -2.38. The third-order valence-electron chi connectivity index (χ3n) is 1.96. The van der Waals surface area contributed by atoms with E-state index in [9.17, 15) is 28.1 Å². The normalized spacial score (nSPS) is 10.8. The minimum absolute atomic E-state index is 0.539. The highest BCUT2D eigenvalue weighted by Gasteiger charge is 2.34. The number of anilines is 1. The molecular formula is C10H7F3N2O3. The Bertz CT molecular complexity index is 512. The van der Waals surface area contributed by atoms with E-state index in [1.807, 2.05) is 5.32 Å². The standard InChI is InChI=1S/C10H7F3N2O3/c1-2-9(16)14-8-5-6(15(17)18)3-4-7(8)10(11,12)13/h2-5H,1H2,(H,14,16). The molecule has 0 radical (unpaired) electrons. The molecule has 0 atom stereocenters. The molecule has 0 unspecified atom stereocenters. The van der Waals surface area contributed by atoms with E-state index in [4.69, 9.17) is 0 Å². The van der Waals surface area contributed by atoms with Gasteiger partial charge in [0.2, 0.25) is 5.91 Å². The van der Waals surface area contributed by atoms with Gasteiger partial charge in [-0.1, -0.05) is 6.58 Å². The SMILES string of the molecule is C=CC(=O)Nc1cc([N+](=O)[O-])ccc1C(F)(F)F. The third kappa shape index (κ3) is 3.06. The summed E-state index contributed by atoms with van der Waals surface area (Å²) in [6.45, 7) is 3.08. The third-order valence-corrected chi connectivity index (χ3v) is 1.96. The molecule has 1 aromatic rings. The summed E-state index contributed by atoms with van der Waals surface area (Å²) in [7, 11) is 0. The van der Waals surface area contributed by atoms with Crippen molar-refractivity contribution in [3.63, 3.8) is 0 Å². The number of nitrogens with zero attached hydrogens (tertiary/aromatic N) is 1. The molecule has 0 heterocycles. The molecule has 0 spiro atoms. The number of non-ortho nitro benzene ring substituents is 1. The average Bonchev–Trinajstić information content (AvgIpc) is 2.27. The van der Waals surface area contributed by atoms with Crippen LogP contribution in [0.5, 0.6) is 0 Å². The molecule has 1 N–H and O–H groups in total. The topological polar surface area (TPSA) is 72.2 Å². The van der Waals surface area contributed by atoms with Gasteiger partial charge < -0.3 is 5.32 Å². The number of benzene rings is 1. The number of hydrogen-bond donors (Lipinski definition) is 1. The number of halogens is 3. The molecule has 18 heavy (non-hydrogen) atoms. The molecule has 0 saturated heterocycles. The van der Waals surface area contributed by atoms with Gasteiger partial charge in [-0.25, -0.2) is 0 Å². The van der Waals surface area contributed by atoms with Crippen molar-refractivity contribution in [1.82, 2.24) is 0 Å². The Morgan fingerprint density at radius 1 is 1.44 bits per heavy atom. The molecule has 8 heteroatoms. The van der Waals surface area contributed by atoms with Crippen LogP contribution in [-0.4, -0.2) is 10.8 Å². The molecular weight excluding hydrogens is 253 g/mol. The predicted octanol–water partition coefficient (Wildman–Crippen LogP) is 2.74. The van der Waals surface area contributed by atoms with Gasteiger partial charge in [0.15, 0.2) is 0 Å². The Morgan fingerprint density at radius 3 is 2.50 bits per heavy atom. The Balaban J connectivity index is 3.31. The molecule has 1 aromatic carbocycles. The number of rotatable bonds is 3. The molecule has 1 rings (SSSR count). The molecule has 0 aliphatic rings. The van der Waals surface area contributed by atoms with Gasteiger partial charge in [-0.05, 0) is 12.1 Å². The van der Waals surface area contributed by atoms with Crippen molar-refractivity contribution < 1.29 is 22.9 Å². The van der Waals surface area contributed by atoms with Gasteiger partial charge in [0.05, 0.1) is 16.2 Å². The smallest absolute Gasteiger partial charge is 0.322 e. The Labute approximate surface area is 99.1 Å². The first kappa shape index (κ1) is 13.7. The van der Waals surface area contributed by atoms with Gasteiger partial charge in [-0.15, -0.1) is 0 Å². The van der Waals surface area contributed by atoms with Crippen LogP contribution in [0.1, 0.15) is 5.56 Å². The number of carbonyl (C=O) groups excluding carboxylic acids is 1. The first-order chi connectivity index (χ1) is 8.25. The van der Waals surface area contributed by atoms with Gasteiger partial charge >= 0.3 is 6.18 Å². The van der Waals surface area contributed by atoms with Gasteiger partial charge in [-0.3, -0.25) is 14.9 Å². The zero-order valence-electron chi connectivity index (χ0n) is 8.82. The maximum atomic E-state index is 12.6. The zero-order valence-corrected chi connectivity index (χ0v) is 8.82. The second kappa shape index (κ2) is 4.86. The summed E-state index contributed by atoms with van der Waals surface area (Å²) < 4.78 is 37.8. The average molecular weight is 260 g/mol. The lowest BCUT2D eigenvalue weighted by Crippen LogP contribution is -2.14. The van der Waals surface area contributed by atoms with Crippen LogP contribution in [0.4, 0.5) is 24.5 Å². The van der Waals surface area contributed by atoms with Crippen molar-refractivity contribution in [2.75, 3.05) is 5.32 Å². The van der Waals surface area contributed by atoms with Crippen LogP contribution in [-0.2, 0) is 11.0 Å². The van der Waals surface area contributed by atoms with E-state index in [1.54, 1.807) is 0 Å². The van der Waals surface area contributed by atoms with E-state index in [0.29, 0.717) is 18.2 Å². The van der Waals surface area contributed by atoms with Gasteiger partial charge in [-0.2, -0.15) is 13.2 Å². The first-order valence-corrected chi connectivity index (χ1v) is 4.54. The fraction of sp³-hybridized carbons (Fsp3) is 0.100. The number of nitro benzene ring substituents is 1. The van der Waals surface area contributed by atoms with Crippen molar-refractivity contribution >= 4 is 17.3 Å². The van der Waals surface area contributed by atoms with Gasteiger partial charge in [0.1, 0.15) is 0 Å². The largest absolute Gasteiger partial charge is 0.418 e. The van der Waals surface area contributed by atoms with Crippen LogP contribution in [0.15, 0.2) is 30.9 Å². The zero-order chi connectivity index (χ0) is 13.9. The van der Waals surface area contributed by atoms with Crippen molar-refractivity contribution in [2.24, 2.45) is 0 Å². The van der Waals surface area contributed by atoms with Crippen LogP contribution >= 0.6 is 0 Å². The maximum Gasteiger partial charge on any atom is 0.418 e. The summed E-state index contributed by atoms with van der Waals surface area (Å²) in [5.41, 5.74) is -2.40. The number of nitro groups is 1. The van der Waals surface area contributed by atoms with Crippen molar-refractivity contribution in [3.05, 3.63) is 46.5 Å². The number of carbonyl (C=O) groups is 1. The maximum absolute atomic E-state index is 12.6. The molecule has 0 aliphatic heterocycles. The highest BCUT2D eigenvalue weighted by Crippen LogP contribution is 2.36. The molecule has 0 saturated carbocycles. The minimum atomic E-state index is -4.72. The molecule has 0 aliphatic carbocycles. The van der Waals surface area contributed by atoms with E-state index in [1.165, 1.54) is 0 Å². The minimum Gasteiger partial charge on any atom is -0.322 e. The Morgan fingerprint density at radius 2 is 2.06 bits per heavy atom. The monoisotopic (exact) mass is 260 g/mol. The molecule has 96 valence electrons. The fourth-order valence-corrected chi connectivity index (χ4v) is 1.18. The van der Waals surface area contributed by atoms with Crippen LogP contribution in [0.3, 0.4) is 0 Å². The highest BCUT2D eigenvalue weighted by atomic mass is 19.4. The van der Waals surface area contributed by atoms with E-state index in [-0.39, 0.29) is 0 Å². The van der Waals surface area contributed by atoms with E-state index >= 15 is 0 Å². The van der Waals surface area contributed by atoms with Crippen LogP contribution in [0.25, 0.3) is 0 Å². The number of nitrogens with one attached hydrogen (secondary N) is 1. The molecule has 0 aromatic heterocycles. The lowest BCUT2D eigenvalue weighted by atomic mass is 10.1. The van der Waals surface area contributed by atoms with E-state index in [0.717, 1.165) is 6.08 Å². The molecule has 1 amide bonds. The van der Waals surface area contributed by atoms with E-state index in [2.05, 4.69) is 6.58 Å². The fourth-order valence-electron chi connectivity index (χ4n) is 1.18. The summed E-state index contributed by atoms with van der Waals surface area (Å²) >= 11 is 0. The van der Waals surface area contributed by atoms with Crippen LogP contribution in [0, 0.1) is 10.1 Å². The highest BCUT2D eigenvalue weighted by molar-refractivity contribution is 5.99. The van der Waals surface area contributed by atoms with Gasteiger partial charge in [0, 0.05) is 12.1 Å². The second-order valence-electron chi connectivity index (χ2n) is 3.18. The summed E-state index contributed by atoms with van der Waals surface area (Å²) in [4.78, 5) is 20.6. The molecule has 0 fully saturated rings. The molecule has 0 bridgehead atoms. The van der Waals surface area contributed by atoms with Crippen molar-refractivity contribution in [3.8, 4) is 0 Å². The molecule has 5 nitrogen and oxygen atoms in total. The summed E-state index contributed by atoms with van der Waals surface area (Å²) in [6, 6.07) is 1.90.